The summed E-state index contributed by atoms with van der Waals surface area (Å²) in [7, 11) is 0. The fourth-order valence-corrected chi connectivity index (χ4v) is 3.07. The van der Waals surface area contributed by atoms with Crippen LogP contribution in [0.4, 0.5) is 13.2 Å². The molecular formula is C17H14BrF3O3. The van der Waals surface area contributed by atoms with Crippen LogP contribution in [0, 0.1) is 0 Å². The van der Waals surface area contributed by atoms with Gasteiger partial charge in [0.2, 0.25) is 5.79 Å². The summed E-state index contributed by atoms with van der Waals surface area (Å²) in [6, 6.07) is 11.7. The van der Waals surface area contributed by atoms with Crippen molar-refractivity contribution in [2.24, 2.45) is 0 Å². The summed E-state index contributed by atoms with van der Waals surface area (Å²) >= 11 is 3.38. The molecule has 1 heterocycles. The van der Waals surface area contributed by atoms with Crippen LogP contribution in [0.1, 0.15) is 11.1 Å². The highest BCUT2D eigenvalue weighted by Gasteiger charge is 2.37. The lowest BCUT2D eigenvalue weighted by Gasteiger charge is -2.25. The van der Waals surface area contributed by atoms with E-state index in [1.807, 2.05) is 0 Å². The molecule has 1 saturated heterocycles. The highest BCUT2D eigenvalue weighted by Crippen LogP contribution is 2.36. The SMILES string of the molecule is FC(F)(F)c1cccc(Oc2ccc(C3(CBr)OCCO3)cc2)c1. The van der Waals surface area contributed by atoms with E-state index in [0.29, 0.717) is 24.3 Å². The van der Waals surface area contributed by atoms with Crippen LogP contribution in [0.3, 0.4) is 0 Å². The van der Waals surface area contributed by atoms with E-state index in [9.17, 15) is 13.2 Å². The molecule has 3 nitrogen and oxygen atoms in total. The van der Waals surface area contributed by atoms with Crippen molar-refractivity contribution < 1.29 is 27.4 Å². The Hall–Kier alpha value is -1.57. The predicted octanol–water partition coefficient (Wildman–Crippen LogP) is 5.09. The molecule has 1 fully saturated rings. The van der Waals surface area contributed by atoms with Gasteiger partial charge in [-0.25, -0.2) is 0 Å². The Labute approximate surface area is 145 Å². The molecule has 0 N–H and O–H groups in total. The van der Waals surface area contributed by atoms with Gasteiger partial charge in [0.05, 0.1) is 24.1 Å². The Bertz CT molecular complexity index is 695. The van der Waals surface area contributed by atoms with E-state index in [2.05, 4.69) is 15.9 Å². The van der Waals surface area contributed by atoms with Crippen molar-refractivity contribution in [1.29, 1.82) is 0 Å². The topological polar surface area (TPSA) is 27.7 Å². The quantitative estimate of drug-likeness (QED) is 0.666. The van der Waals surface area contributed by atoms with E-state index >= 15 is 0 Å². The lowest BCUT2D eigenvalue weighted by molar-refractivity contribution is -0.144. The van der Waals surface area contributed by atoms with Crippen LogP contribution in [0.15, 0.2) is 48.5 Å². The lowest BCUT2D eigenvalue weighted by Crippen LogP contribution is -2.28. The van der Waals surface area contributed by atoms with E-state index in [1.54, 1.807) is 24.3 Å². The minimum Gasteiger partial charge on any atom is -0.457 e. The zero-order valence-electron chi connectivity index (χ0n) is 12.5. The van der Waals surface area contributed by atoms with E-state index in [0.717, 1.165) is 17.7 Å². The molecule has 7 heteroatoms. The molecule has 2 aromatic carbocycles. The van der Waals surface area contributed by atoms with Crippen LogP contribution in [0.5, 0.6) is 11.5 Å². The first kappa shape index (κ1) is 17.3. The number of halogens is 4. The molecule has 128 valence electrons. The standard InChI is InChI=1S/C17H14BrF3O3/c18-11-16(22-8-9-23-16)12-4-6-14(7-5-12)24-15-3-1-2-13(10-15)17(19,20)21/h1-7,10H,8-9,11H2. The maximum atomic E-state index is 12.7. The Morgan fingerprint density at radius 1 is 1.00 bits per heavy atom. The van der Waals surface area contributed by atoms with Crippen molar-refractivity contribution in [1.82, 2.24) is 0 Å². The molecule has 0 aliphatic carbocycles. The summed E-state index contributed by atoms with van der Waals surface area (Å²) in [6.45, 7) is 1.02. The van der Waals surface area contributed by atoms with E-state index < -0.39 is 17.5 Å². The molecule has 1 aliphatic heterocycles. The van der Waals surface area contributed by atoms with Gasteiger partial charge in [0, 0.05) is 5.56 Å². The van der Waals surface area contributed by atoms with Gasteiger partial charge in [0.15, 0.2) is 0 Å². The second-order valence-electron chi connectivity index (χ2n) is 5.24. The third-order valence-electron chi connectivity index (χ3n) is 3.62. The Balaban J connectivity index is 1.77. The molecule has 3 rings (SSSR count). The van der Waals surface area contributed by atoms with Crippen LogP contribution >= 0.6 is 15.9 Å². The van der Waals surface area contributed by atoms with Gasteiger partial charge in [0.25, 0.3) is 0 Å². The molecule has 0 atom stereocenters. The van der Waals surface area contributed by atoms with Crippen molar-refractivity contribution in [3.8, 4) is 11.5 Å². The minimum atomic E-state index is -4.40. The summed E-state index contributed by atoms with van der Waals surface area (Å²) in [5.74, 6) is -0.267. The van der Waals surface area contributed by atoms with Crippen LogP contribution in [-0.2, 0) is 21.4 Å². The number of alkyl halides is 4. The third kappa shape index (κ3) is 3.58. The average molecular weight is 403 g/mol. The Morgan fingerprint density at radius 3 is 2.25 bits per heavy atom. The molecule has 24 heavy (non-hydrogen) atoms. The van der Waals surface area contributed by atoms with Crippen LogP contribution in [-0.4, -0.2) is 18.5 Å². The third-order valence-corrected chi connectivity index (χ3v) is 4.36. The molecule has 0 radical (unpaired) electrons. The smallest absolute Gasteiger partial charge is 0.416 e. The zero-order valence-corrected chi connectivity index (χ0v) is 14.1. The highest BCUT2D eigenvalue weighted by molar-refractivity contribution is 9.09. The number of rotatable bonds is 4. The molecule has 1 aliphatic rings. The van der Waals surface area contributed by atoms with Gasteiger partial charge < -0.3 is 14.2 Å². The predicted molar refractivity (Wildman–Crippen MR) is 85.3 cm³/mol. The van der Waals surface area contributed by atoms with Crippen LogP contribution in [0.2, 0.25) is 0 Å². The summed E-state index contributed by atoms with van der Waals surface area (Å²) in [6.07, 6.45) is -4.40. The van der Waals surface area contributed by atoms with Gasteiger partial charge in [-0.15, -0.1) is 0 Å². The van der Waals surface area contributed by atoms with Gasteiger partial charge >= 0.3 is 6.18 Å². The number of hydrogen-bond donors (Lipinski definition) is 0. The molecule has 0 saturated carbocycles. The fraction of sp³-hybridized carbons (Fsp3) is 0.294. The summed E-state index contributed by atoms with van der Waals surface area (Å²) < 4.78 is 55.0. The summed E-state index contributed by atoms with van der Waals surface area (Å²) in [4.78, 5) is 0. The van der Waals surface area contributed by atoms with Crippen LogP contribution < -0.4 is 4.74 Å². The van der Waals surface area contributed by atoms with Crippen LogP contribution in [0.25, 0.3) is 0 Å². The van der Waals surface area contributed by atoms with Gasteiger partial charge in [-0.2, -0.15) is 13.2 Å². The highest BCUT2D eigenvalue weighted by atomic mass is 79.9. The molecule has 2 aromatic rings. The molecule has 0 amide bonds. The number of ether oxygens (including phenoxy) is 3. The largest absolute Gasteiger partial charge is 0.457 e. The van der Waals surface area contributed by atoms with Gasteiger partial charge in [-0.1, -0.05) is 22.0 Å². The van der Waals surface area contributed by atoms with E-state index in [-0.39, 0.29) is 5.75 Å². The minimum absolute atomic E-state index is 0.126. The first-order chi connectivity index (χ1) is 11.4. The molecule has 0 bridgehead atoms. The van der Waals surface area contributed by atoms with Crippen molar-refractivity contribution in [3.63, 3.8) is 0 Å². The molecular weight excluding hydrogens is 389 g/mol. The summed E-state index contributed by atoms with van der Waals surface area (Å²) in [5, 5.41) is 0.480. The molecule has 0 spiro atoms. The molecule has 0 unspecified atom stereocenters. The van der Waals surface area contributed by atoms with Crippen molar-refractivity contribution >= 4 is 15.9 Å². The summed E-state index contributed by atoms with van der Waals surface area (Å²) in [5.41, 5.74) is 0.0656. The maximum absolute atomic E-state index is 12.7. The monoisotopic (exact) mass is 402 g/mol. The van der Waals surface area contributed by atoms with E-state index in [1.165, 1.54) is 12.1 Å². The second-order valence-corrected chi connectivity index (χ2v) is 5.80. The zero-order chi connectivity index (χ0) is 17.2. The number of hydrogen-bond acceptors (Lipinski definition) is 3. The first-order valence-corrected chi connectivity index (χ1v) is 8.35. The van der Waals surface area contributed by atoms with E-state index in [4.69, 9.17) is 14.2 Å². The van der Waals surface area contributed by atoms with Gasteiger partial charge in [0.1, 0.15) is 11.5 Å². The Morgan fingerprint density at radius 2 is 1.67 bits per heavy atom. The first-order valence-electron chi connectivity index (χ1n) is 7.22. The van der Waals surface area contributed by atoms with Crippen molar-refractivity contribution in [2.45, 2.75) is 12.0 Å². The van der Waals surface area contributed by atoms with Crippen molar-refractivity contribution in [2.75, 3.05) is 18.5 Å². The second kappa shape index (κ2) is 6.74. The molecule has 0 aromatic heterocycles. The van der Waals surface area contributed by atoms with Crippen molar-refractivity contribution in [3.05, 3.63) is 59.7 Å². The fourth-order valence-electron chi connectivity index (χ4n) is 2.42. The average Bonchev–Trinajstić information content (AvgIpc) is 3.05. The Kier molecular flexibility index (Phi) is 4.85. The lowest BCUT2D eigenvalue weighted by atomic mass is 10.1. The maximum Gasteiger partial charge on any atom is 0.416 e. The normalized spacial score (nSPS) is 17.0. The van der Waals surface area contributed by atoms with Gasteiger partial charge in [-0.05, 0) is 42.5 Å². The number of benzene rings is 2. The van der Waals surface area contributed by atoms with Gasteiger partial charge in [-0.3, -0.25) is 0 Å².